The molecule has 0 saturated carbocycles. The quantitative estimate of drug-likeness (QED) is 0.224. The lowest BCUT2D eigenvalue weighted by molar-refractivity contribution is -0.115. The molecule has 4 rings (SSSR count). The lowest BCUT2D eigenvalue weighted by atomic mass is 10.2. The van der Waals surface area contributed by atoms with Crippen LogP contribution < -0.4 is 10.6 Å². The predicted octanol–water partition coefficient (Wildman–Crippen LogP) is 7.60. The van der Waals surface area contributed by atoms with Gasteiger partial charge in [0.25, 0.3) is 5.91 Å². The minimum Gasteiger partial charge on any atom is -0.322 e. The van der Waals surface area contributed by atoms with E-state index in [1.165, 1.54) is 23.1 Å². The van der Waals surface area contributed by atoms with Gasteiger partial charge in [0, 0.05) is 36.6 Å². The maximum atomic E-state index is 12.7. The highest BCUT2D eigenvalue weighted by Crippen LogP contribution is 2.29. The Balaban J connectivity index is 1.36. The Morgan fingerprint density at radius 3 is 2.56 bits per heavy atom. The summed E-state index contributed by atoms with van der Waals surface area (Å²) < 4.78 is 0.999. The van der Waals surface area contributed by atoms with E-state index in [9.17, 15) is 9.59 Å². The van der Waals surface area contributed by atoms with Gasteiger partial charge in [0.1, 0.15) is 0 Å². The van der Waals surface area contributed by atoms with Gasteiger partial charge in [-0.2, -0.15) is 0 Å². The molecule has 0 aliphatic rings. The van der Waals surface area contributed by atoms with Crippen LogP contribution >= 0.6 is 50.6 Å². The van der Waals surface area contributed by atoms with Gasteiger partial charge >= 0.3 is 0 Å². The van der Waals surface area contributed by atoms with E-state index in [1.54, 1.807) is 30.3 Å². The summed E-state index contributed by atoms with van der Waals surface area (Å²) >= 11 is 12.2. The smallest absolute Gasteiger partial charge is 0.255 e. The van der Waals surface area contributed by atoms with Gasteiger partial charge in [-0.15, -0.1) is 23.1 Å². The van der Waals surface area contributed by atoms with Crippen molar-refractivity contribution in [1.82, 2.24) is 4.98 Å². The van der Waals surface area contributed by atoms with Crippen LogP contribution in [0.3, 0.4) is 0 Å². The number of aromatic nitrogens is 1. The fourth-order valence-corrected chi connectivity index (χ4v) is 5.13. The highest BCUT2D eigenvalue weighted by atomic mass is 79.9. The first kappa shape index (κ1) is 24.5. The number of amides is 2. The first-order valence-electron chi connectivity index (χ1n) is 10.2. The topological polar surface area (TPSA) is 71.1 Å². The third-order valence-electron chi connectivity index (χ3n) is 4.74. The van der Waals surface area contributed by atoms with Crippen molar-refractivity contribution in [3.8, 4) is 11.3 Å². The lowest BCUT2D eigenvalue weighted by Crippen LogP contribution is -2.22. The van der Waals surface area contributed by atoms with E-state index < -0.39 is 0 Å². The average molecular weight is 573 g/mol. The van der Waals surface area contributed by atoms with Crippen LogP contribution in [0.25, 0.3) is 11.3 Å². The molecule has 1 atom stereocenters. The van der Waals surface area contributed by atoms with E-state index in [0.29, 0.717) is 21.4 Å². The van der Waals surface area contributed by atoms with Crippen LogP contribution in [0.2, 0.25) is 5.02 Å². The number of anilines is 2. The minimum absolute atomic E-state index is 0.143. The number of nitrogens with one attached hydrogen (secondary N) is 2. The van der Waals surface area contributed by atoms with Gasteiger partial charge in [0.2, 0.25) is 5.91 Å². The van der Waals surface area contributed by atoms with Gasteiger partial charge in [0.05, 0.1) is 10.9 Å². The second-order valence-corrected chi connectivity index (χ2v) is 10.9. The molecule has 0 radical (unpaired) electrons. The molecule has 3 aromatic carbocycles. The summed E-state index contributed by atoms with van der Waals surface area (Å²) in [6, 6.07) is 22.0. The largest absolute Gasteiger partial charge is 0.322 e. The van der Waals surface area contributed by atoms with Crippen LogP contribution in [0.4, 0.5) is 10.8 Å². The van der Waals surface area contributed by atoms with Crippen LogP contribution in [0.1, 0.15) is 17.3 Å². The monoisotopic (exact) mass is 571 g/mol. The Bertz CT molecular complexity index is 1330. The minimum atomic E-state index is -0.362. The zero-order valence-corrected chi connectivity index (χ0v) is 21.9. The van der Waals surface area contributed by atoms with Gasteiger partial charge in [-0.05, 0) is 55.5 Å². The molecule has 5 nitrogen and oxygen atoms in total. The normalized spacial score (nSPS) is 11.6. The summed E-state index contributed by atoms with van der Waals surface area (Å²) in [7, 11) is 0. The van der Waals surface area contributed by atoms with Crippen molar-refractivity contribution in [2.45, 2.75) is 17.1 Å². The van der Waals surface area contributed by atoms with Crippen molar-refractivity contribution >= 4 is 73.3 Å². The van der Waals surface area contributed by atoms with Gasteiger partial charge in [-0.3, -0.25) is 9.59 Å². The molecule has 0 aliphatic heterocycles. The Kier molecular flexibility index (Phi) is 8.05. The number of benzene rings is 3. The van der Waals surface area contributed by atoms with Crippen molar-refractivity contribution in [2.75, 3.05) is 10.6 Å². The van der Waals surface area contributed by atoms with E-state index in [4.69, 9.17) is 11.6 Å². The standard InChI is InChI=1S/C25H19BrClN3O2S2/c1-15(23(31)30-25-29-22(14-33-25)16-8-10-18(26)11-9-16)34-21-7-3-6-20(13-21)28-24(32)17-4-2-5-19(27)12-17/h2-15H,1H3,(H,28,32)(H,29,30,31). The van der Waals surface area contributed by atoms with E-state index in [1.807, 2.05) is 54.8 Å². The van der Waals surface area contributed by atoms with E-state index in [0.717, 1.165) is 20.6 Å². The molecule has 2 amide bonds. The molecule has 1 heterocycles. The maximum Gasteiger partial charge on any atom is 0.255 e. The molecule has 0 aliphatic carbocycles. The molecule has 34 heavy (non-hydrogen) atoms. The van der Waals surface area contributed by atoms with Crippen molar-refractivity contribution in [3.63, 3.8) is 0 Å². The summed E-state index contributed by atoms with van der Waals surface area (Å²) in [5.41, 5.74) is 2.92. The van der Waals surface area contributed by atoms with E-state index in [2.05, 4.69) is 31.5 Å². The van der Waals surface area contributed by atoms with E-state index in [-0.39, 0.29) is 17.1 Å². The van der Waals surface area contributed by atoms with Crippen LogP contribution in [-0.2, 0) is 4.79 Å². The predicted molar refractivity (Wildman–Crippen MR) is 145 cm³/mol. The Labute approximate surface area is 219 Å². The second-order valence-electron chi connectivity index (χ2n) is 7.29. The van der Waals surface area contributed by atoms with Gasteiger partial charge in [0.15, 0.2) is 5.13 Å². The summed E-state index contributed by atoms with van der Waals surface area (Å²) in [6.07, 6.45) is 0. The first-order chi connectivity index (χ1) is 16.4. The highest BCUT2D eigenvalue weighted by Gasteiger charge is 2.17. The number of nitrogens with zero attached hydrogens (tertiary/aromatic N) is 1. The molecular weight excluding hydrogens is 554 g/mol. The summed E-state index contributed by atoms with van der Waals surface area (Å²) in [6.45, 7) is 1.83. The van der Waals surface area contributed by atoms with Crippen molar-refractivity contribution in [2.24, 2.45) is 0 Å². The molecule has 1 aromatic heterocycles. The summed E-state index contributed by atoms with van der Waals surface area (Å²) in [5.74, 6) is -0.393. The average Bonchev–Trinajstić information content (AvgIpc) is 3.28. The number of hydrogen-bond donors (Lipinski definition) is 2. The van der Waals surface area contributed by atoms with Crippen LogP contribution in [0, 0.1) is 0 Å². The maximum absolute atomic E-state index is 12.7. The number of thioether (sulfide) groups is 1. The Morgan fingerprint density at radius 2 is 1.79 bits per heavy atom. The van der Waals surface area contributed by atoms with Crippen LogP contribution in [0.15, 0.2) is 87.5 Å². The second kappa shape index (κ2) is 11.2. The number of carbonyl (C=O) groups excluding carboxylic acids is 2. The fraction of sp³-hybridized carbons (Fsp3) is 0.0800. The molecule has 0 fully saturated rings. The van der Waals surface area contributed by atoms with Crippen molar-refractivity contribution < 1.29 is 9.59 Å². The van der Waals surface area contributed by atoms with E-state index >= 15 is 0 Å². The molecule has 1 unspecified atom stereocenters. The summed E-state index contributed by atoms with van der Waals surface area (Å²) in [5, 5.41) is 8.37. The van der Waals surface area contributed by atoms with Crippen molar-refractivity contribution in [1.29, 1.82) is 0 Å². The molecule has 4 aromatic rings. The molecular formula is C25H19BrClN3O2S2. The van der Waals surface area contributed by atoms with Gasteiger partial charge in [-0.1, -0.05) is 51.8 Å². The molecule has 2 N–H and O–H groups in total. The van der Waals surface area contributed by atoms with Gasteiger partial charge in [-0.25, -0.2) is 4.98 Å². The fourth-order valence-electron chi connectivity index (χ4n) is 3.03. The molecule has 0 spiro atoms. The molecule has 0 saturated heterocycles. The molecule has 0 bridgehead atoms. The third-order valence-corrected chi connectivity index (χ3v) is 7.35. The Morgan fingerprint density at radius 1 is 1.03 bits per heavy atom. The van der Waals surface area contributed by atoms with Crippen LogP contribution in [0.5, 0.6) is 0 Å². The lowest BCUT2D eigenvalue weighted by Gasteiger charge is -2.12. The van der Waals surface area contributed by atoms with Gasteiger partial charge < -0.3 is 10.6 Å². The van der Waals surface area contributed by atoms with Crippen molar-refractivity contribution in [3.05, 3.63) is 93.2 Å². The first-order valence-corrected chi connectivity index (χ1v) is 13.2. The zero-order valence-electron chi connectivity index (χ0n) is 17.9. The zero-order chi connectivity index (χ0) is 24.1. The molecule has 172 valence electrons. The number of thiazole rings is 1. The number of rotatable bonds is 7. The number of hydrogen-bond acceptors (Lipinski definition) is 5. The highest BCUT2D eigenvalue weighted by molar-refractivity contribution is 9.10. The SMILES string of the molecule is CC(Sc1cccc(NC(=O)c2cccc(Cl)c2)c1)C(=O)Nc1nc(-c2ccc(Br)cc2)cs1. The Hall–Kier alpha value is -2.65. The number of halogens is 2. The molecule has 9 heteroatoms. The van der Waals surface area contributed by atoms with Crippen LogP contribution in [-0.4, -0.2) is 22.0 Å². The number of carbonyl (C=O) groups is 2. The third kappa shape index (κ3) is 6.48. The summed E-state index contributed by atoms with van der Waals surface area (Å²) in [4.78, 5) is 30.6.